The summed E-state index contributed by atoms with van der Waals surface area (Å²) in [6.07, 6.45) is 2.16. The first-order valence-corrected chi connectivity index (χ1v) is 6.39. The van der Waals surface area contributed by atoms with Crippen LogP contribution in [0.5, 0.6) is 5.75 Å². The summed E-state index contributed by atoms with van der Waals surface area (Å²) in [5.41, 5.74) is 1.33. The van der Waals surface area contributed by atoms with Crippen LogP contribution in [-0.4, -0.2) is 47.9 Å². The van der Waals surface area contributed by atoms with Crippen molar-refractivity contribution in [1.82, 2.24) is 14.9 Å². The molecule has 0 aliphatic heterocycles. The SMILES string of the molecule is CCC(=O)c1cc2cc(OCCN(C)C)cnc2[nH]1. The van der Waals surface area contributed by atoms with Crippen molar-refractivity contribution in [2.24, 2.45) is 0 Å². The average Bonchev–Trinajstić information content (AvgIpc) is 2.80. The van der Waals surface area contributed by atoms with Crippen molar-refractivity contribution in [3.8, 4) is 5.75 Å². The Balaban J connectivity index is 2.13. The summed E-state index contributed by atoms with van der Waals surface area (Å²) >= 11 is 0. The van der Waals surface area contributed by atoms with E-state index in [1.807, 2.05) is 33.2 Å². The highest BCUT2D eigenvalue weighted by molar-refractivity contribution is 5.98. The highest BCUT2D eigenvalue weighted by atomic mass is 16.5. The van der Waals surface area contributed by atoms with Gasteiger partial charge in [0, 0.05) is 18.4 Å². The summed E-state index contributed by atoms with van der Waals surface area (Å²) in [7, 11) is 4.00. The van der Waals surface area contributed by atoms with E-state index in [9.17, 15) is 4.79 Å². The lowest BCUT2D eigenvalue weighted by molar-refractivity contribution is 0.0984. The molecule has 5 nitrogen and oxygen atoms in total. The van der Waals surface area contributed by atoms with Crippen molar-refractivity contribution in [2.75, 3.05) is 27.2 Å². The summed E-state index contributed by atoms with van der Waals surface area (Å²) in [6.45, 7) is 3.31. The molecule has 19 heavy (non-hydrogen) atoms. The molecule has 0 aliphatic carbocycles. The zero-order valence-electron chi connectivity index (χ0n) is 11.6. The lowest BCUT2D eigenvalue weighted by Gasteiger charge is -2.10. The Morgan fingerprint density at radius 2 is 2.21 bits per heavy atom. The monoisotopic (exact) mass is 261 g/mol. The summed E-state index contributed by atoms with van der Waals surface area (Å²) in [6, 6.07) is 3.73. The van der Waals surface area contributed by atoms with Gasteiger partial charge in [-0.1, -0.05) is 6.92 Å². The lowest BCUT2D eigenvalue weighted by Crippen LogP contribution is -2.19. The van der Waals surface area contributed by atoms with Crippen LogP contribution < -0.4 is 4.74 Å². The first-order chi connectivity index (χ1) is 9.10. The third-order valence-electron chi connectivity index (χ3n) is 2.87. The van der Waals surface area contributed by atoms with Crippen molar-refractivity contribution >= 4 is 16.8 Å². The van der Waals surface area contributed by atoms with Gasteiger partial charge in [0.2, 0.25) is 0 Å². The number of H-pyrrole nitrogens is 1. The van der Waals surface area contributed by atoms with Gasteiger partial charge in [-0.3, -0.25) is 4.79 Å². The van der Waals surface area contributed by atoms with Gasteiger partial charge in [-0.2, -0.15) is 0 Å². The summed E-state index contributed by atoms with van der Waals surface area (Å²) in [5.74, 6) is 0.817. The number of nitrogens with zero attached hydrogens (tertiary/aromatic N) is 2. The van der Waals surface area contributed by atoms with Gasteiger partial charge < -0.3 is 14.6 Å². The van der Waals surface area contributed by atoms with Gasteiger partial charge in [-0.05, 0) is 26.2 Å². The molecule has 0 amide bonds. The predicted octanol–water partition coefficient (Wildman–Crippen LogP) is 2.10. The van der Waals surface area contributed by atoms with E-state index in [-0.39, 0.29) is 5.78 Å². The molecule has 0 radical (unpaired) electrons. The van der Waals surface area contributed by atoms with E-state index in [0.717, 1.165) is 23.3 Å². The van der Waals surface area contributed by atoms with Gasteiger partial charge in [0.1, 0.15) is 18.0 Å². The van der Waals surface area contributed by atoms with Crippen LogP contribution in [0.4, 0.5) is 0 Å². The molecule has 0 aliphatic rings. The van der Waals surface area contributed by atoms with Crippen molar-refractivity contribution < 1.29 is 9.53 Å². The first-order valence-electron chi connectivity index (χ1n) is 6.39. The second-order valence-corrected chi connectivity index (χ2v) is 4.72. The van der Waals surface area contributed by atoms with Gasteiger partial charge in [-0.15, -0.1) is 0 Å². The van der Waals surface area contributed by atoms with Crippen molar-refractivity contribution in [3.05, 3.63) is 24.0 Å². The van der Waals surface area contributed by atoms with Gasteiger partial charge in [-0.25, -0.2) is 4.98 Å². The van der Waals surface area contributed by atoms with E-state index in [1.54, 1.807) is 6.20 Å². The average molecular weight is 261 g/mol. The minimum atomic E-state index is 0.0908. The van der Waals surface area contributed by atoms with Gasteiger partial charge in [0.25, 0.3) is 0 Å². The van der Waals surface area contributed by atoms with Crippen molar-refractivity contribution in [1.29, 1.82) is 0 Å². The molecule has 0 unspecified atom stereocenters. The molecule has 0 saturated heterocycles. The number of carbonyl (C=O) groups is 1. The number of aromatic amines is 1. The third-order valence-corrected chi connectivity index (χ3v) is 2.87. The molecule has 0 spiro atoms. The Bertz CT molecular complexity index is 575. The smallest absolute Gasteiger partial charge is 0.178 e. The molecule has 0 atom stereocenters. The van der Waals surface area contributed by atoms with Gasteiger partial charge >= 0.3 is 0 Å². The summed E-state index contributed by atoms with van der Waals surface area (Å²) < 4.78 is 5.62. The van der Waals surface area contributed by atoms with Crippen LogP contribution >= 0.6 is 0 Å². The number of ether oxygens (including phenoxy) is 1. The Morgan fingerprint density at radius 1 is 1.42 bits per heavy atom. The molecular weight excluding hydrogens is 242 g/mol. The number of likely N-dealkylation sites (N-methyl/N-ethyl adjacent to an activating group) is 1. The highest BCUT2D eigenvalue weighted by Crippen LogP contribution is 2.19. The Kier molecular flexibility index (Phi) is 4.16. The lowest BCUT2D eigenvalue weighted by atomic mass is 10.2. The number of fused-ring (bicyclic) bond motifs is 1. The topological polar surface area (TPSA) is 58.2 Å². The molecule has 2 heterocycles. The quantitative estimate of drug-likeness (QED) is 0.809. The minimum Gasteiger partial charge on any atom is -0.491 e. The molecule has 0 aromatic carbocycles. The second-order valence-electron chi connectivity index (χ2n) is 4.72. The molecule has 0 saturated carbocycles. The number of ketones is 1. The zero-order valence-corrected chi connectivity index (χ0v) is 11.6. The highest BCUT2D eigenvalue weighted by Gasteiger charge is 2.09. The second kappa shape index (κ2) is 5.84. The standard InChI is InChI=1S/C14H19N3O2/c1-4-13(18)12-8-10-7-11(9-15-14(10)16-12)19-6-5-17(2)3/h7-9H,4-6H2,1-3H3,(H,15,16). The van der Waals surface area contributed by atoms with E-state index in [0.29, 0.717) is 18.7 Å². The number of hydrogen-bond donors (Lipinski definition) is 1. The largest absolute Gasteiger partial charge is 0.491 e. The zero-order chi connectivity index (χ0) is 13.8. The van der Waals surface area contributed by atoms with Crippen LogP contribution in [0.1, 0.15) is 23.8 Å². The number of hydrogen-bond acceptors (Lipinski definition) is 4. The van der Waals surface area contributed by atoms with Gasteiger partial charge in [0.05, 0.1) is 11.9 Å². The Labute approximate surface area is 112 Å². The van der Waals surface area contributed by atoms with Crippen LogP contribution in [0.25, 0.3) is 11.0 Å². The van der Waals surface area contributed by atoms with E-state index in [4.69, 9.17) is 4.74 Å². The maximum atomic E-state index is 11.6. The van der Waals surface area contributed by atoms with E-state index in [2.05, 4.69) is 14.9 Å². The van der Waals surface area contributed by atoms with E-state index < -0.39 is 0 Å². The molecule has 0 fully saturated rings. The molecular formula is C14H19N3O2. The fourth-order valence-corrected chi connectivity index (χ4v) is 1.76. The fourth-order valence-electron chi connectivity index (χ4n) is 1.76. The number of aromatic nitrogens is 2. The molecule has 102 valence electrons. The Morgan fingerprint density at radius 3 is 2.89 bits per heavy atom. The maximum Gasteiger partial charge on any atom is 0.178 e. The molecule has 5 heteroatoms. The van der Waals surface area contributed by atoms with Crippen LogP contribution in [0.2, 0.25) is 0 Å². The summed E-state index contributed by atoms with van der Waals surface area (Å²) in [4.78, 5) is 21.0. The number of carbonyl (C=O) groups excluding carboxylic acids is 1. The van der Waals surface area contributed by atoms with Gasteiger partial charge in [0.15, 0.2) is 5.78 Å². The summed E-state index contributed by atoms with van der Waals surface area (Å²) in [5, 5.41) is 0.902. The number of nitrogens with one attached hydrogen (secondary N) is 1. The molecule has 2 rings (SSSR count). The van der Waals surface area contributed by atoms with Crippen molar-refractivity contribution in [3.63, 3.8) is 0 Å². The maximum absolute atomic E-state index is 11.6. The number of pyridine rings is 1. The van der Waals surface area contributed by atoms with Crippen LogP contribution in [0, 0.1) is 0 Å². The van der Waals surface area contributed by atoms with Crippen LogP contribution in [-0.2, 0) is 0 Å². The van der Waals surface area contributed by atoms with Crippen LogP contribution in [0.15, 0.2) is 18.3 Å². The van der Waals surface area contributed by atoms with Crippen LogP contribution in [0.3, 0.4) is 0 Å². The van der Waals surface area contributed by atoms with E-state index in [1.165, 1.54) is 0 Å². The Hall–Kier alpha value is -1.88. The minimum absolute atomic E-state index is 0.0908. The normalized spacial score (nSPS) is 11.2. The molecule has 1 N–H and O–H groups in total. The molecule has 2 aromatic rings. The third kappa shape index (κ3) is 3.32. The van der Waals surface area contributed by atoms with Crippen molar-refractivity contribution in [2.45, 2.75) is 13.3 Å². The fraction of sp³-hybridized carbons (Fsp3) is 0.429. The first kappa shape index (κ1) is 13.5. The number of Topliss-reactive ketones (excluding diaryl/α,β-unsaturated/α-hetero) is 1. The molecule has 2 aromatic heterocycles. The molecule has 0 bridgehead atoms. The number of rotatable bonds is 6. The van der Waals surface area contributed by atoms with E-state index >= 15 is 0 Å². The predicted molar refractivity (Wildman–Crippen MR) is 74.8 cm³/mol.